The van der Waals surface area contributed by atoms with Crippen LogP contribution >= 0.6 is 11.6 Å². The van der Waals surface area contributed by atoms with Gasteiger partial charge in [0.05, 0.1) is 0 Å². The van der Waals surface area contributed by atoms with E-state index >= 15 is 0 Å². The van der Waals surface area contributed by atoms with Crippen LogP contribution in [0.15, 0.2) is 24.3 Å². The average molecular weight is 392 g/mol. The molecule has 142 valence electrons. The van der Waals surface area contributed by atoms with Gasteiger partial charge in [0.25, 0.3) is 0 Å². The van der Waals surface area contributed by atoms with Gasteiger partial charge in [-0.05, 0) is 42.2 Å². The third kappa shape index (κ3) is 3.73. The number of benzene rings is 1. The molecule has 0 aliphatic heterocycles. The first-order valence-electron chi connectivity index (χ1n) is 8.29. The number of hydrogen-bond acceptors (Lipinski definition) is 4. The smallest absolute Gasteiger partial charge is 0.434 e. The Balaban J connectivity index is 2.01. The van der Waals surface area contributed by atoms with E-state index in [1.54, 1.807) is 0 Å². The number of halogens is 2. The van der Waals surface area contributed by atoms with Crippen molar-refractivity contribution in [3.8, 4) is 5.75 Å². The molecule has 0 amide bonds. The third-order valence-electron chi connectivity index (χ3n) is 4.19. The number of carbonyl (C=O) groups is 1. The fraction of sp³-hybridized carbons (Fsp3) is 0.316. The van der Waals surface area contributed by atoms with Crippen LogP contribution in [0.25, 0.3) is 11.0 Å². The summed E-state index contributed by atoms with van der Waals surface area (Å²) in [6, 6.07) is 6.32. The summed E-state index contributed by atoms with van der Waals surface area (Å²) in [5.74, 6) is -0.141. The Morgan fingerprint density at radius 3 is 2.67 bits per heavy atom. The number of nitrogens with zero attached hydrogens (tertiary/aromatic N) is 3. The lowest BCUT2D eigenvalue weighted by atomic mass is 9.86. The molecule has 0 bridgehead atoms. The second kappa shape index (κ2) is 6.81. The van der Waals surface area contributed by atoms with Gasteiger partial charge in [-0.1, -0.05) is 32.4 Å². The molecule has 0 radical (unpaired) electrons. The fourth-order valence-electron chi connectivity index (χ4n) is 2.78. The van der Waals surface area contributed by atoms with Gasteiger partial charge in [-0.3, -0.25) is 0 Å². The molecule has 2 heterocycles. The van der Waals surface area contributed by atoms with Gasteiger partial charge in [0.1, 0.15) is 18.1 Å². The quantitative estimate of drug-likeness (QED) is 0.640. The first kappa shape index (κ1) is 19.1. The summed E-state index contributed by atoms with van der Waals surface area (Å²) in [6.45, 7) is 8.02. The third-order valence-corrected chi connectivity index (χ3v) is 4.60. The fourth-order valence-corrected chi connectivity index (χ4v) is 2.94. The SMILES string of the molecule is Cc1cc(OCc2nn(C(=O)O)c3nc(F)ccc23)c(C(C)(C)C)cc1Cl. The van der Waals surface area contributed by atoms with E-state index in [2.05, 4.69) is 10.1 Å². The van der Waals surface area contributed by atoms with Crippen LogP contribution < -0.4 is 4.74 Å². The first-order chi connectivity index (χ1) is 12.6. The van der Waals surface area contributed by atoms with Gasteiger partial charge in [0.15, 0.2) is 5.65 Å². The number of aromatic nitrogens is 3. The number of ether oxygens (including phenoxy) is 1. The van der Waals surface area contributed by atoms with Gasteiger partial charge < -0.3 is 9.84 Å². The molecule has 0 aliphatic carbocycles. The Kier molecular flexibility index (Phi) is 4.82. The molecule has 1 N–H and O–H groups in total. The lowest BCUT2D eigenvalue weighted by Crippen LogP contribution is -2.14. The van der Waals surface area contributed by atoms with Crippen LogP contribution in [0.1, 0.15) is 37.6 Å². The average Bonchev–Trinajstić information content (AvgIpc) is 2.92. The van der Waals surface area contributed by atoms with Crippen LogP contribution in [0.2, 0.25) is 5.02 Å². The minimum atomic E-state index is -1.35. The van der Waals surface area contributed by atoms with Crippen molar-refractivity contribution in [3.63, 3.8) is 0 Å². The molecule has 6 nitrogen and oxygen atoms in total. The van der Waals surface area contributed by atoms with E-state index in [1.165, 1.54) is 6.07 Å². The first-order valence-corrected chi connectivity index (χ1v) is 8.66. The summed E-state index contributed by atoms with van der Waals surface area (Å²) in [6.07, 6.45) is -1.35. The molecular formula is C19H19ClFN3O3. The van der Waals surface area contributed by atoms with E-state index in [9.17, 15) is 14.3 Å². The van der Waals surface area contributed by atoms with Crippen molar-refractivity contribution in [2.75, 3.05) is 0 Å². The summed E-state index contributed by atoms with van der Waals surface area (Å²) >= 11 is 6.26. The summed E-state index contributed by atoms with van der Waals surface area (Å²) in [4.78, 5) is 15.0. The summed E-state index contributed by atoms with van der Waals surface area (Å²) in [5.41, 5.74) is 1.87. The zero-order valence-electron chi connectivity index (χ0n) is 15.4. The van der Waals surface area contributed by atoms with E-state index in [0.29, 0.717) is 26.5 Å². The summed E-state index contributed by atoms with van der Waals surface area (Å²) < 4.78 is 20.0. The number of carboxylic acid groups (broad SMARTS) is 1. The number of pyridine rings is 1. The van der Waals surface area contributed by atoms with Gasteiger partial charge in [0.2, 0.25) is 5.95 Å². The predicted octanol–water partition coefficient (Wildman–Crippen LogP) is 4.93. The lowest BCUT2D eigenvalue weighted by Gasteiger charge is -2.23. The molecule has 0 atom stereocenters. The Morgan fingerprint density at radius 2 is 2.04 bits per heavy atom. The Hall–Kier alpha value is -2.67. The van der Waals surface area contributed by atoms with E-state index in [4.69, 9.17) is 16.3 Å². The summed E-state index contributed by atoms with van der Waals surface area (Å²) in [7, 11) is 0. The molecule has 0 aliphatic rings. The van der Waals surface area contributed by atoms with Crippen molar-refractivity contribution in [1.82, 2.24) is 14.8 Å². The van der Waals surface area contributed by atoms with E-state index in [0.717, 1.165) is 17.2 Å². The standard InChI is InChI=1S/C19H19ClFN3O3/c1-10-7-15(12(8-13(10)20)19(2,3)4)27-9-14-11-5-6-16(21)22-17(11)24(23-14)18(25)26/h5-8H,9H2,1-4H3,(H,25,26). The van der Waals surface area contributed by atoms with Gasteiger partial charge in [0, 0.05) is 16.0 Å². The highest BCUT2D eigenvalue weighted by atomic mass is 35.5. The topological polar surface area (TPSA) is 77.2 Å². The monoisotopic (exact) mass is 391 g/mol. The van der Waals surface area contributed by atoms with E-state index in [1.807, 2.05) is 39.8 Å². The minimum Gasteiger partial charge on any atom is -0.487 e. The van der Waals surface area contributed by atoms with Gasteiger partial charge >= 0.3 is 6.09 Å². The van der Waals surface area contributed by atoms with Crippen molar-refractivity contribution in [2.45, 2.75) is 39.7 Å². The number of hydrogen-bond donors (Lipinski definition) is 1. The molecule has 0 saturated heterocycles. The van der Waals surface area contributed by atoms with E-state index in [-0.39, 0.29) is 17.7 Å². The zero-order valence-corrected chi connectivity index (χ0v) is 16.1. The van der Waals surface area contributed by atoms with Crippen molar-refractivity contribution in [2.24, 2.45) is 0 Å². The Labute approximate surface area is 160 Å². The number of rotatable bonds is 3. The molecule has 8 heteroatoms. The molecule has 1 aromatic carbocycles. The van der Waals surface area contributed by atoms with Crippen molar-refractivity contribution in [1.29, 1.82) is 0 Å². The molecule has 3 aromatic rings. The highest BCUT2D eigenvalue weighted by molar-refractivity contribution is 6.31. The largest absolute Gasteiger partial charge is 0.487 e. The number of aryl methyl sites for hydroxylation is 1. The maximum atomic E-state index is 13.4. The summed E-state index contributed by atoms with van der Waals surface area (Å²) in [5, 5.41) is 14.4. The van der Waals surface area contributed by atoms with Crippen molar-refractivity contribution < 1.29 is 19.0 Å². The van der Waals surface area contributed by atoms with Crippen molar-refractivity contribution in [3.05, 3.63) is 52.1 Å². The molecule has 0 fully saturated rings. The Bertz CT molecular complexity index is 1040. The van der Waals surface area contributed by atoms with Crippen LogP contribution in [0.3, 0.4) is 0 Å². The van der Waals surface area contributed by atoms with Gasteiger partial charge in [-0.2, -0.15) is 14.5 Å². The van der Waals surface area contributed by atoms with Crippen LogP contribution in [0.4, 0.5) is 9.18 Å². The van der Waals surface area contributed by atoms with Crippen LogP contribution in [-0.4, -0.2) is 26.0 Å². The van der Waals surface area contributed by atoms with Gasteiger partial charge in [-0.25, -0.2) is 4.79 Å². The molecule has 0 spiro atoms. The Morgan fingerprint density at radius 1 is 1.33 bits per heavy atom. The molecule has 0 saturated carbocycles. The molecular weight excluding hydrogens is 373 g/mol. The van der Waals surface area contributed by atoms with Gasteiger partial charge in [-0.15, -0.1) is 4.68 Å². The molecule has 3 rings (SSSR count). The van der Waals surface area contributed by atoms with Crippen LogP contribution in [0.5, 0.6) is 5.75 Å². The predicted molar refractivity (Wildman–Crippen MR) is 100 cm³/mol. The maximum absolute atomic E-state index is 13.4. The van der Waals surface area contributed by atoms with Crippen LogP contribution in [-0.2, 0) is 12.0 Å². The maximum Gasteiger partial charge on any atom is 0.434 e. The zero-order chi connectivity index (χ0) is 19.9. The number of fused-ring (bicyclic) bond motifs is 1. The molecule has 2 aromatic heterocycles. The van der Waals surface area contributed by atoms with Crippen LogP contribution in [0, 0.1) is 12.9 Å². The minimum absolute atomic E-state index is 0.00818. The highest BCUT2D eigenvalue weighted by Crippen LogP contribution is 2.36. The second-order valence-electron chi connectivity index (χ2n) is 7.28. The lowest BCUT2D eigenvalue weighted by molar-refractivity contribution is 0.193. The highest BCUT2D eigenvalue weighted by Gasteiger charge is 2.22. The van der Waals surface area contributed by atoms with Crippen molar-refractivity contribution >= 4 is 28.7 Å². The normalized spacial score (nSPS) is 11.8. The second-order valence-corrected chi connectivity index (χ2v) is 7.69. The molecule has 27 heavy (non-hydrogen) atoms. The molecule has 0 unspecified atom stereocenters. The van der Waals surface area contributed by atoms with E-state index < -0.39 is 12.0 Å².